The van der Waals surface area contributed by atoms with Gasteiger partial charge in [-0.2, -0.15) is 0 Å². The monoisotopic (exact) mass is 527 g/mol. The first-order valence-electron chi connectivity index (χ1n) is 11.0. The van der Waals surface area contributed by atoms with Gasteiger partial charge >= 0.3 is 0 Å². The summed E-state index contributed by atoms with van der Waals surface area (Å²) in [5.74, 6) is -0.860. The molecule has 186 valence electrons. The van der Waals surface area contributed by atoms with Gasteiger partial charge in [0, 0.05) is 23.1 Å². The summed E-state index contributed by atoms with van der Waals surface area (Å²) in [6.07, 6.45) is 2.76. The number of sulfonamides is 1. The molecule has 34 heavy (non-hydrogen) atoms. The fourth-order valence-corrected chi connectivity index (χ4v) is 4.64. The number of benzene rings is 2. The Morgan fingerprint density at radius 1 is 1.12 bits per heavy atom. The smallest absolute Gasteiger partial charge is 0.244 e. The Morgan fingerprint density at radius 2 is 1.79 bits per heavy atom. The maximum atomic E-state index is 13.5. The Bertz CT molecular complexity index is 1120. The van der Waals surface area contributed by atoms with Gasteiger partial charge in [0.25, 0.3) is 0 Å². The number of halogens is 2. The van der Waals surface area contributed by atoms with Gasteiger partial charge in [-0.1, -0.05) is 60.8 Å². The third-order valence-corrected chi connectivity index (χ3v) is 7.14. The SMILES string of the molecule is CCCCNC(=O)[C@H](C)N(Cc1ccccc1Cl)C(=O)CN(c1cc(Cl)ccc1C)S(C)(=O)=O. The number of anilines is 1. The van der Waals surface area contributed by atoms with Crippen LogP contribution in [0.3, 0.4) is 0 Å². The second-order valence-corrected chi connectivity index (χ2v) is 10.9. The van der Waals surface area contributed by atoms with Crippen molar-refractivity contribution >= 4 is 50.7 Å². The maximum absolute atomic E-state index is 13.5. The van der Waals surface area contributed by atoms with Crippen molar-refractivity contribution in [2.45, 2.75) is 46.2 Å². The van der Waals surface area contributed by atoms with Crippen molar-refractivity contribution in [1.82, 2.24) is 10.2 Å². The van der Waals surface area contributed by atoms with E-state index in [1.54, 1.807) is 50.2 Å². The van der Waals surface area contributed by atoms with Gasteiger partial charge in [0.2, 0.25) is 21.8 Å². The molecule has 1 atom stereocenters. The van der Waals surface area contributed by atoms with E-state index in [9.17, 15) is 18.0 Å². The minimum absolute atomic E-state index is 0.0486. The fraction of sp³-hybridized carbons (Fsp3) is 0.417. The number of nitrogens with zero attached hydrogens (tertiary/aromatic N) is 2. The van der Waals surface area contributed by atoms with Gasteiger partial charge in [0.15, 0.2) is 0 Å². The topological polar surface area (TPSA) is 86.8 Å². The summed E-state index contributed by atoms with van der Waals surface area (Å²) in [6, 6.07) is 11.0. The molecule has 0 aliphatic rings. The summed E-state index contributed by atoms with van der Waals surface area (Å²) < 4.78 is 26.3. The number of unbranched alkanes of at least 4 members (excludes halogenated alkanes) is 1. The third-order valence-electron chi connectivity index (χ3n) is 5.41. The Kier molecular flexibility index (Phi) is 10.2. The summed E-state index contributed by atoms with van der Waals surface area (Å²) >= 11 is 12.4. The Morgan fingerprint density at radius 3 is 2.41 bits per heavy atom. The first-order valence-corrected chi connectivity index (χ1v) is 13.6. The van der Waals surface area contributed by atoms with E-state index in [1.807, 2.05) is 6.92 Å². The highest BCUT2D eigenvalue weighted by atomic mass is 35.5. The molecule has 0 aromatic heterocycles. The predicted molar refractivity (Wildman–Crippen MR) is 138 cm³/mol. The first kappa shape index (κ1) is 28.0. The summed E-state index contributed by atoms with van der Waals surface area (Å²) in [5, 5.41) is 3.63. The number of nitrogens with one attached hydrogen (secondary N) is 1. The molecule has 0 aliphatic carbocycles. The largest absolute Gasteiger partial charge is 0.354 e. The molecule has 2 amide bonds. The number of carbonyl (C=O) groups is 2. The fourth-order valence-electron chi connectivity index (χ4n) is 3.37. The second kappa shape index (κ2) is 12.4. The predicted octanol–water partition coefficient (Wildman–Crippen LogP) is 4.40. The third kappa shape index (κ3) is 7.61. The summed E-state index contributed by atoms with van der Waals surface area (Å²) in [6.45, 7) is 5.42. The first-order chi connectivity index (χ1) is 16.0. The van der Waals surface area contributed by atoms with Crippen LogP contribution in [0.4, 0.5) is 5.69 Å². The number of hydrogen-bond donors (Lipinski definition) is 1. The summed E-state index contributed by atoms with van der Waals surface area (Å²) in [7, 11) is -3.83. The van der Waals surface area contributed by atoms with Crippen LogP contribution in [0.2, 0.25) is 10.0 Å². The van der Waals surface area contributed by atoms with Crippen LogP contribution in [-0.4, -0.2) is 50.5 Å². The molecule has 0 bridgehead atoms. The molecule has 0 spiro atoms. The molecule has 0 heterocycles. The van der Waals surface area contributed by atoms with Crippen molar-refractivity contribution in [1.29, 1.82) is 0 Å². The highest BCUT2D eigenvalue weighted by Crippen LogP contribution is 2.27. The zero-order chi connectivity index (χ0) is 25.5. The van der Waals surface area contributed by atoms with Crippen LogP contribution < -0.4 is 9.62 Å². The molecule has 2 aromatic carbocycles. The van der Waals surface area contributed by atoms with Crippen LogP contribution in [0.15, 0.2) is 42.5 Å². The summed E-state index contributed by atoms with van der Waals surface area (Å²) in [5.41, 5.74) is 1.60. The zero-order valence-electron chi connectivity index (χ0n) is 19.8. The quantitative estimate of drug-likeness (QED) is 0.438. The lowest BCUT2D eigenvalue weighted by Gasteiger charge is -2.32. The molecule has 10 heteroatoms. The van der Waals surface area contributed by atoms with Crippen molar-refractivity contribution < 1.29 is 18.0 Å². The molecule has 0 saturated carbocycles. The van der Waals surface area contributed by atoms with E-state index >= 15 is 0 Å². The van der Waals surface area contributed by atoms with Gasteiger partial charge in [-0.25, -0.2) is 8.42 Å². The molecular weight excluding hydrogens is 497 g/mol. The normalized spacial score (nSPS) is 12.2. The van der Waals surface area contributed by atoms with E-state index in [1.165, 1.54) is 11.0 Å². The Labute approximate surface area is 212 Å². The molecule has 1 N–H and O–H groups in total. The lowest BCUT2D eigenvalue weighted by molar-refractivity contribution is -0.139. The number of aryl methyl sites for hydroxylation is 1. The van der Waals surface area contributed by atoms with Gasteiger partial charge in [-0.3, -0.25) is 13.9 Å². The maximum Gasteiger partial charge on any atom is 0.244 e. The molecule has 0 unspecified atom stereocenters. The van der Waals surface area contributed by atoms with Crippen LogP contribution in [0.25, 0.3) is 0 Å². The van der Waals surface area contributed by atoms with E-state index in [4.69, 9.17) is 23.2 Å². The highest BCUT2D eigenvalue weighted by molar-refractivity contribution is 7.92. The molecule has 0 saturated heterocycles. The van der Waals surface area contributed by atoms with E-state index in [2.05, 4.69) is 5.32 Å². The molecule has 0 radical (unpaired) electrons. The van der Waals surface area contributed by atoms with Crippen LogP contribution in [-0.2, 0) is 26.2 Å². The molecule has 0 aliphatic heterocycles. The van der Waals surface area contributed by atoms with Crippen LogP contribution >= 0.6 is 23.2 Å². The molecular formula is C24H31Cl2N3O4S. The number of hydrogen-bond acceptors (Lipinski definition) is 4. The minimum atomic E-state index is -3.83. The lowest BCUT2D eigenvalue weighted by Crippen LogP contribution is -2.51. The van der Waals surface area contributed by atoms with Gasteiger partial charge in [0.1, 0.15) is 12.6 Å². The van der Waals surface area contributed by atoms with E-state index in [0.717, 1.165) is 23.4 Å². The second-order valence-electron chi connectivity index (χ2n) is 8.13. The van der Waals surface area contributed by atoms with Crippen molar-refractivity contribution in [2.24, 2.45) is 0 Å². The minimum Gasteiger partial charge on any atom is -0.354 e. The van der Waals surface area contributed by atoms with E-state index in [0.29, 0.717) is 33.4 Å². The lowest BCUT2D eigenvalue weighted by atomic mass is 10.1. The average molecular weight is 529 g/mol. The van der Waals surface area contributed by atoms with Gasteiger partial charge in [0.05, 0.1) is 11.9 Å². The Balaban J connectivity index is 2.41. The van der Waals surface area contributed by atoms with Crippen molar-refractivity contribution in [3.63, 3.8) is 0 Å². The summed E-state index contributed by atoms with van der Waals surface area (Å²) in [4.78, 5) is 27.7. The Hall–Kier alpha value is -2.29. The molecule has 7 nitrogen and oxygen atoms in total. The van der Waals surface area contributed by atoms with Crippen LogP contribution in [0.1, 0.15) is 37.8 Å². The van der Waals surface area contributed by atoms with Gasteiger partial charge in [-0.05, 0) is 49.6 Å². The van der Waals surface area contributed by atoms with Gasteiger partial charge < -0.3 is 10.2 Å². The standard InChI is InChI=1S/C24H31Cl2N3O4S/c1-5-6-13-27-24(31)18(3)28(15-19-9-7-8-10-21(19)26)23(30)16-29(34(4,32)33)22-14-20(25)12-11-17(22)2/h7-12,14,18H,5-6,13,15-16H2,1-4H3,(H,27,31)/t18-/m0/s1. The number of amides is 2. The van der Waals surface area contributed by atoms with Crippen molar-refractivity contribution in [3.05, 3.63) is 63.6 Å². The molecule has 0 fully saturated rings. The number of carbonyl (C=O) groups excluding carboxylic acids is 2. The van der Waals surface area contributed by atoms with Crippen molar-refractivity contribution in [3.8, 4) is 0 Å². The van der Waals surface area contributed by atoms with Crippen LogP contribution in [0.5, 0.6) is 0 Å². The highest BCUT2D eigenvalue weighted by Gasteiger charge is 2.30. The van der Waals surface area contributed by atoms with E-state index in [-0.39, 0.29) is 12.5 Å². The molecule has 2 rings (SSSR count). The van der Waals surface area contributed by atoms with E-state index < -0.39 is 28.5 Å². The van der Waals surface area contributed by atoms with Crippen LogP contribution in [0, 0.1) is 6.92 Å². The van der Waals surface area contributed by atoms with Gasteiger partial charge in [-0.15, -0.1) is 0 Å². The number of rotatable bonds is 11. The zero-order valence-corrected chi connectivity index (χ0v) is 22.2. The molecule has 2 aromatic rings. The average Bonchev–Trinajstić information content (AvgIpc) is 2.77. The van der Waals surface area contributed by atoms with Crippen molar-refractivity contribution in [2.75, 3.05) is 23.7 Å².